The molecule has 0 aliphatic heterocycles. The molecule has 1 aromatic rings. The van der Waals surface area contributed by atoms with Crippen LogP contribution in [0.3, 0.4) is 0 Å². The van der Waals surface area contributed by atoms with Crippen LogP contribution in [0, 0.1) is 12.8 Å². The Hall–Kier alpha value is -0.340. The Kier molecular flexibility index (Phi) is 7.70. The molecular formula is C17H28BrN. The fourth-order valence-corrected chi connectivity index (χ4v) is 3.34. The van der Waals surface area contributed by atoms with Gasteiger partial charge in [0.1, 0.15) is 0 Å². The summed E-state index contributed by atoms with van der Waals surface area (Å²) in [6, 6.07) is 7.17. The summed E-state index contributed by atoms with van der Waals surface area (Å²) in [6.45, 7) is 10.1. The Morgan fingerprint density at radius 2 is 1.95 bits per heavy atom. The van der Waals surface area contributed by atoms with Gasteiger partial charge >= 0.3 is 0 Å². The van der Waals surface area contributed by atoms with Crippen LogP contribution in [-0.4, -0.2) is 6.54 Å². The lowest BCUT2D eigenvalue weighted by Gasteiger charge is -2.24. The van der Waals surface area contributed by atoms with Crippen LogP contribution in [0.1, 0.15) is 63.6 Å². The minimum atomic E-state index is 0.469. The van der Waals surface area contributed by atoms with Gasteiger partial charge in [-0.15, -0.1) is 0 Å². The molecule has 0 amide bonds. The first-order valence-corrected chi connectivity index (χ1v) is 8.37. The number of halogens is 1. The Balaban J connectivity index is 2.82. The maximum Gasteiger partial charge on any atom is 0.0333 e. The summed E-state index contributed by atoms with van der Waals surface area (Å²) in [4.78, 5) is 0. The van der Waals surface area contributed by atoms with Crippen LogP contribution in [0.4, 0.5) is 0 Å². The Morgan fingerprint density at radius 1 is 1.21 bits per heavy atom. The zero-order chi connectivity index (χ0) is 14.3. The monoisotopic (exact) mass is 325 g/mol. The van der Waals surface area contributed by atoms with Crippen molar-refractivity contribution in [3.05, 3.63) is 33.8 Å². The molecule has 0 saturated carbocycles. The van der Waals surface area contributed by atoms with Crippen LogP contribution in [0.15, 0.2) is 22.7 Å². The summed E-state index contributed by atoms with van der Waals surface area (Å²) >= 11 is 3.73. The SMILES string of the molecule is CCCNC(CC(C)CCC)c1ccc(C)cc1Br. The van der Waals surface area contributed by atoms with Crippen molar-refractivity contribution in [2.75, 3.05) is 6.54 Å². The van der Waals surface area contributed by atoms with Crippen molar-refractivity contribution in [3.63, 3.8) is 0 Å². The summed E-state index contributed by atoms with van der Waals surface area (Å²) in [5, 5.41) is 3.71. The highest BCUT2D eigenvalue weighted by molar-refractivity contribution is 9.10. The third kappa shape index (κ3) is 5.66. The van der Waals surface area contributed by atoms with Crippen LogP contribution in [-0.2, 0) is 0 Å². The quantitative estimate of drug-likeness (QED) is 0.653. The van der Waals surface area contributed by atoms with Gasteiger partial charge in [-0.2, -0.15) is 0 Å². The van der Waals surface area contributed by atoms with Crippen molar-refractivity contribution in [2.24, 2.45) is 5.92 Å². The van der Waals surface area contributed by atoms with E-state index in [1.165, 1.54) is 41.3 Å². The Labute approximate surface area is 127 Å². The van der Waals surface area contributed by atoms with E-state index in [0.717, 1.165) is 12.5 Å². The van der Waals surface area contributed by atoms with Gasteiger partial charge in [-0.25, -0.2) is 0 Å². The number of benzene rings is 1. The van der Waals surface area contributed by atoms with Crippen molar-refractivity contribution in [1.82, 2.24) is 5.32 Å². The van der Waals surface area contributed by atoms with Crippen LogP contribution >= 0.6 is 15.9 Å². The molecule has 0 aliphatic rings. The van der Waals surface area contributed by atoms with Crippen LogP contribution in [0.5, 0.6) is 0 Å². The first kappa shape index (κ1) is 16.7. The van der Waals surface area contributed by atoms with Crippen LogP contribution < -0.4 is 5.32 Å². The minimum absolute atomic E-state index is 0.469. The number of hydrogen-bond donors (Lipinski definition) is 1. The van der Waals surface area contributed by atoms with Crippen molar-refractivity contribution >= 4 is 15.9 Å². The first-order chi connectivity index (χ1) is 9.08. The molecule has 0 heterocycles. The van der Waals surface area contributed by atoms with E-state index < -0.39 is 0 Å². The number of nitrogens with one attached hydrogen (secondary N) is 1. The first-order valence-electron chi connectivity index (χ1n) is 7.57. The maximum atomic E-state index is 3.73. The fraction of sp³-hybridized carbons (Fsp3) is 0.647. The van der Waals surface area contributed by atoms with E-state index >= 15 is 0 Å². The molecule has 0 radical (unpaired) electrons. The van der Waals surface area contributed by atoms with Gasteiger partial charge in [-0.1, -0.05) is 61.7 Å². The van der Waals surface area contributed by atoms with Gasteiger partial charge in [0.15, 0.2) is 0 Å². The van der Waals surface area contributed by atoms with Crippen molar-refractivity contribution < 1.29 is 0 Å². The van der Waals surface area contributed by atoms with E-state index in [0.29, 0.717) is 6.04 Å². The molecule has 1 N–H and O–H groups in total. The summed E-state index contributed by atoms with van der Waals surface area (Å²) in [6.07, 6.45) is 4.99. The van der Waals surface area contributed by atoms with Gasteiger partial charge in [0, 0.05) is 10.5 Å². The van der Waals surface area contributed by atoms with E-state index in [1.54, 1.807) is 0 Å². The molecule has 0 fully saturated rings. The molecule has 0 aromatic heterocycles. The van der Waals surface area contributed by atoms with Crippen LogP contribution in [0.25, 0.3) is 0 Å². The second-order valence-corrected chi connectivity index (χ2v) is 6.52. The lowest BCUT2D eigenvalue weighted by molar-refractivity contribution is 0.389. The van der Waals surface area contributed by atoms with E-state index in [-0.39, 0.29) is 0 Å². The highest BCUT2D eigenvalue weighted by Gasteiger charge is 2.16. The third-order valence-corrected chi connectivity index (χ3v) is 4.28. The van der Waals surface area contributed by atoms with E-state index in [9.17, 15) is 0 Å². The summed E-state index contributed by atoms with van der Waals surface area (Å²) in [5.41, 5.74) is 2.72. The smallest absolute Gasteiger partial charge is 0.0333 e. The summed E-state index contributed by atoms with van der Waals surface area (Å²) in [5.74, 6) is 0.771. The van der Waals surface area contributed by atoms with Gasteiger partial charge in [0.05, 0.1) is 0 Å². The summed E-state index contributed by atoms with van der Waals surface area (Å²) in [7, 11) is 0. The molecule has 2 atom stereocenters. The highest BCUT2D eigenvalue weighted by atomic mass is 79.9. The third-order valence-electron chi connectivity index (χ3n) is 3.59. The largest absolute Gasteiger partial charge is 0.310 e. The van der Waals surface area contributed by atoms with Crippen molar-refractivity contribution in [3.8, 4) is 0 Å². The average molecular weight is 326 g/mol. The molecular weight excluding hydrogens is 298 g/mol. The molecule has 108 valence electrons. The molecule has 0 aliphatic carbocycles. The second-order valence-electron chi connectivity index (χ2n) is 5.66. The predicted molar refractivity (Wildman–Crippen MR) is 88.6 cm³/mol. The van der Waals surface area contributed by atoms with Crippen molar-refractivity contribution in [2.45, 2.75) is 59.4 Å². The average Bonchev–Trinajstić information content (AvgIpc) is 2.35. The van der Waals surface area contributed by atoms with Gasteiger partial charge in [0.25, 0.3) is 0 Å². The minimum Gasteiger partial charge on any atom is -0.310 e. The topological polar surface area (TPSA) is 12.0 Å². The molecule has 1 aromatic carbocycles. The van der Waals surface area contributed by atoms with E-state index in [1.807, 2.05) is 0 Å². The number of rotatable bonds is 8. The highest BCUT2D eigenvalue weighted by Crippen LogP contribution is 2.30. The zero-order valence-electron chi connectivity index (χ0n) is 12.8. The molecule has 2 heteroatoms. The Morgan fingerprint density at radius 3 is 2.53 bits per heavy atom. The second kappa shape index (κ2) is 8.76. The van der Waals surface area contributed by atoms with Crippen LogP contribution in [0.2, 0.25) is 0 Å². The molecule has 0 bridgehead atoms. The molecule has 2 unspecified atom stereocenters. The Bertz CT molecular complexity index is 376. The normalized spacial score (nSPS) is 14.4. The molecule has 0 spiro atoms. The lowest BCUT2D eigenvalue weighted by atomic mass is 9.92. The lowest BCUT2D eigenvalue weighted by Crippen LogP contribution is -2.24. The van der Waals surface area contributed by atoms with Crippen molar-refractivity contribution in [1.29, 1.82) is 0 Å². The number of aryl methyl sites for hydroxylation is 1. The molecule has 1 rings (SSSR count). The van der Waals surface area contributed by atoms with Gasteiger partial charge < -0.3 is 5.32 Å². The number of hydrogen-bond acceptors (Lipinski definition) is 1. The predicted octanol–water partition coefficient (Wildman–Crippen LogP) is 5.62. The summed E-state index contributed by atoms with van der Waals surface area (Å²) < 4.78 is 1.24. The van der Waals surface area contributed by atoms with Gasteiger partial charge in [0.2, 0.25) is 0 Å². The van der Waals surface area contributed by atoms with Gasteiger partial charge in [-0.05, 0) is 49.4 Å². The van der Waals surface area contributed by atoms with E-state index in [2.05, 4.69) is 67.1 Å². The maximum absolute atomic E-state index is 3.73. The zero-order valence-corrected chi connectivity index (χ0v) is 14.4. The van der Waals surface area contributed by atoms with Gasteiger partial charge in [-0.3, -0.25) is 0 Å². The van der Waals surface area contributed by atoms with E-state index in [4.69, 9.17) is 0 Å². The molecule has 0 saturated heterocycles. The molecule has 1 nitrogen and oxygen atoms in total. The molecule has 19 heavy (non-hydrogen) atoms. The standard InChI is InChI=1S/C17H28BrN/c1-5-7-13(3)12-17(19-10-6-2)15-9-8-14(4)11-16(15)18/h8-9,11,13,17,19H,5-7,10,12H2,1-4H3. The fourth-order valence-electron chi connectivity index (χ4n) is 2.57.